The largest absolute Gasteiger partial charge is 0.494 e. The lowest BCUT2D eigenvalue weighted by Gasteiger charge is -2.20. The van der Waals surface area contributed by atoms with Crippen LogP contribution < -0.4 is 9.64 Å². The molecule has 3 aromatic carbocycles. The Morgan fingerprint density at radius 3 is 2.59 bits per heavy atom. The molecule has 1 saturated heterocycles. The van der Waals surface area contributed by atoms with Crippen LogP contribution in [0.15, 0.2) is 72.8 Å². The Morgan fingerprint density at radius 2 is 1.76 bits per heavy atom. The Balaban J connectivity index is 1.35. The number of fused-ring (bicyclic) bond motifs is 1. The topological polar surface area (TPSA) is 47.4 Å². The maximum Gasteiger partial charge on any atom is 0.227 e. The quantitative estimate of drug-likeness (QED) is 0.312. The molecule has 0 spiro atoms. The number of hydrogen-bond acceptors (Lipinski definition) is 3. The zero-order valence-corrected chi connectivity index (χ0v) is 19.9. The molecule has 0 radical (unpaired) electrons. The molecule has 5 nitrogen and oxygen atoms in total. The van der Waals surface area contributed by atoms with Gasteiger partial charge in [0.25, 0.3) is 0 Å². The summed E-state index contributed by atoms with van der Waals surface area (Å²) in [7, 11) is 0. The highest BCUT2D eigenvalue weighted by Crippen LogP contribution is 2.34. The molecule has 1 aliphatic heterocycles. The van der Waals surface area contributed by atoms with E-state index in [2.05, 4.69) is 60.9 Å². The Labute approximate surface area is 201 Å². The van der Waals surface area contributed by atoms with Gasteiger partial charge in [-0.2, -0.15) is 0 Å². The predicted molar refractivity (Wildman–Crippen MR) is 137 cm³/mol. The molecule has 5 rings (SSSR count). The van der Waals surface area contributed by atoms with E-state index < -0.39 is 0 Å². The first-order valence-electron chi connectivity index (χ1n) is 12.2. The molecule has 1 atom stereocenters. The fraction of sp³-hybridized carbons (Fsp3) is 0.310. The van der Waals surface area contributed by atoms with E-state index in [1.54, 1.807) is 0 Å². The highest BCUT2D eigenvalue weighted by atomic mass is 16.5. The molecule has 1 aliphatic rings. The zero-order valence-electron chi connectivity index (χ0n) is 19.9. The van der Waals surface area contributed by atoms with Crippen LogP contribution in [0.4, 0.5) is 5.69 Å². The number of hydrogen-bond donors (Lipinski definition) is 0. The van der Waals surface area contributed by atoms with E-state index in [9.17, 15) is 4.79 Å². The van der Waals surface area contributed by atoms with Crippen molar-refractivity contribution in [3.05, 3.63) is 89.7 Å². The first kappa shape index (κ1) is 22.2. The summed E-state index contributed by atoms with van der Waals surface area (Å²) < 4.78 is 8.25. The number of para-hydroxylation sites is 3. The van der Waals surface area contributed by atoms with E-state index in [1.165, 1.54) is 11.1 Å². The van der Waals surface area contributed by atoms with E-state index in [4.69, 9.17) is 9.72 Å². The van der Waals surface area contributed by atoms with Crippen LogP contribution in [-0.2, 0) is 17.8 Å². The van der Waals surface area contributed by atoms with Gasteiger partial charge in [0.15, 0.2) is 0 Å². The van der Waals surface area contributed by atoms with Crippen molar-refractivity contribution in [3.63, 3.8) is 0 Å². The van der Waals surface area contributed by atoms with Crippen molar-refractivity contribution in [2.45, 2.75) is 45.6 Å². The molecule has 0 N–H and O–H groups in total. The van der Waals surface area contributed by atoms with E-state index in [-0.39, 0.29) is 11.8 Å². The van der Waals surface area contributed by atoms with Gasteiger partial charge in [-0.15, -0.1) is 0 Å². The zero-order chi connectivity index (χ0) is 23.5. The molecule has 0 aliphatic carbocycles. The van der Waals surface area contributed by atoms with Crippen molar-refractivity contribution in [2.24, 2.45) is 0 Å². The van der Waals surface area contributed by atoms with Gasteiger partial charge < -0.3 is 14.2 Å². The summed E-state index contributed by atoms with van der Waals surface area (Å²) >= 11 is 0. The van der Waals surface area contributed by atoms with Crippen LogP contribution in [0, 0.1) is 6.92 Å². The number of rotatable bonds is 8. The van der Waals surface area contributed by atoms with Gasteiger partial charge in [0.1, 0.15) is 11.6 Å². The Hall–Kier alpha value is -3.60. The summed E-state index contributed by atoms with van der Waals surface area (Å²) in [4.78, 5) is 20.0. The lowest BCUT2D eigenvalue weighted by atomic mass is 10.1. The van der Waals surface area contributed by atoms with Crippen molar-refractivity contribution in [3.8, 4) is 5.75 Å². The van der Waals surface area contributed by atoms with Crippen LogP contribution in [0.25, 0.3) is 11.0 Å². The van der Waals surface area contributed by atoms with Gasteiger partial charge in [-0.25, -0.2) is 4.98 Å². The summed E-state index contributed by atoms with van der Waals surface area (Å²) in [5, 5.41) is 0. The smallest absolute Gasteiger partial charge is 0.227 e. The molecule has 2 heterocycles. The Morgan fingerprint density at radius 1 is 1.00 bits per heavy atom. The van der Waals surface area contributed by atoms with E-state index >= 15 is 0 Å². The first-order chi connectivity index (χ1) is 16.6. The highest BCUT2D eigenvalue weighted by molar-refractivity contribution is 5.97. The van der Waals surface area contributed by atoms with Crippen molar-refractivity contribution < 1.29 is 9.53 Å². The maximum absolute atomic E-state index is 13.1. The molecular weight excluding hydrogens is 422 g/mol. The maximum atomic E-state index is 13.1. The van der Waals surface area contributed by atoms with Crippen molar-refractivity contribution in [2.75, 3.05) is 18.1 Å². The fourth-order valence-corrected chi connectivity index (χ4v) is 4.87. The molecule has 1 amide bonds. The lowest BCUT2D eigenvalue weighted by Crippen LogP contribution is -2.25. The second-order valence-electron chi connectivity index (χ2n) is 9.01. The fourth-order valence-electron chi connectivity index (χ4n) is 4.87. The molecule has 0 bridgehead atoms. The minimum atomic E-state index is 0.0721. The third kappa shape index (κ3) is 4.43. The number of carbonyl (C=O) groups is 1. The summed E-state index contributed by atoms with van der Waals surface area (Å²) in [6.45, 7) is 6.31. The first-order valence-corrected chi connectivity index (χ1v) is 12.2. The standard InChI is InChI=1S/C29H31N3O2/c1-3-22-9-4-6-11-26(22)32-20-23(19-28(32)33)29-30-25-10-5-7-12-27(25)31(29)17-8-18-34-24-15-13-21(2)14-16-24/h4-7,9-16,23H,3,8,17-20H2,1-2H3/t23-/m1/s1. The normalized spacial score (nSPS) is 15.9. The summed E-state index contributed by atoms with van der Waals surface area (Å²) in [5.41, 5.74) is 5.57. The molecule has 1 fully saturated rings. The SMILES string of the molecule is CCc1ccccc1N1C[C@H](c2nc3ccccc3n2CCCOc2ccc(C)cc2)CC1=O. The van der Waals surface area contributed by atoms with Crippen molar-refractivity contribution in [1.82, 2.24) is 9.55 Å². The van der Waals surface area contributed by atoms with Crippen LogP contribution in [-0.4, -0.2) is 28.6 Å². The number of benzene rings is 3. The monoisotopic (exact) mass is 453 g/mol. The average molecular weight is 454 g/mol. The third-order valence-electron chi connectivity index (χ3n) is 6.65. The number of aromatic nitrogens is 2. The highest BCUT2D eigenvalue weighted by Gasteiger charge is 2.35. The van der Waals surface area contributed by atoms with Crippen LogP contribution in [0.2, 0.25) is 0 Å². The number of ether oxygens (including phenoxy) is 1. The van der Waals surface area contributed by atoms with Crippen molar-refractivity contribution in [1.29, 1.82) is 0 Å². The molecule has 0 unspecified atom stereocenters. The molecular formula is C29H31N3O2. The summed E-state index contributed by atoms with van der Waals surface area (Å²) in [6.07, 6.45) is 2.26. The number of carbonyl (C=O) groups excluding carboxylic acids is 1. The minimum Gasteiger partial charge on any atom is -0.494 e. The molecule has 5 heteroatoms. The van der Waals surface area contributed by atoms with Gasteiger partial charge >= 0.3 is 0 Å². The van der Waals surface area contributed by atoms with Gasteiger partial charge in [0.2, 0.25) is 5.91 Å². The average Bonchev–Trinajstić information content (AvgIpc) is 3.43. The molecule has 4 aromatic rings. The summed E-state index contributed by atoms with van der Waals surface area (Å²) in [6, 6.07) is 24.6. The number of amides is 1. The molecule has 34 heavy (non-hydrogen) atoms. The predicted octanol–water partition coefficient (Wildman–Crippen LogP) is 5.90. The van der Waals surface area contributed by atoms with Gasteiger partial charge in [0.05, 0.1) is 17.6 Å². The van der Waals surface area contributed by atoms with Crippen LogP contribution in [0.3, 0.4) is 0 Å². The summed E-state index contributed by atoms with van der Waals surface area (Å²) in [5.74, 6) is 2.14. The molecule has 1 aromatic heterocycles. The van der Waals surface area contributed by atoms with Crippen LogP contribution >= 0.6 is 0 Å². The van der Waals surface area contributed by atoms with Crippen molar-refractivity contribution >= 4 is 22.6 Å². The Bertz CT molecular complexity index is 1290. The minimum absolute atomic E-state index is 0.0721. The third-order valence-corrected chi connectivity index (χ3v) is 6.65. The number of anilines is 1. The van der Waals surface area contributed by atoms with Crippen LogP contribution in [0.1, 0.15) is 42.6 Å². The van der Waals surface area contributed by atoms with Gasteiger partial charge in [-0.05, 0) is 55.7 Å². The second-order valence-corrected chi connectivity index (χ2v) is 9.01. The molecule has 0 saturated carbocycles. The van der Waals surface area contributed by atoms with E-state index in [0.29, 0.717) is 19.6 Å². The van der Waals surface area contributed by atoms with Gasteiger partial charge in [-0.1, -0.05) is 55.0 Å². The molecule has 174 valence electrons. The second kappa shape index (κ2) is 9.72. The van der Waals surface area contributed by atoms with E-state index in [1.807, 2.05) is 35.2 Å². The van der Waals surface area contributed by atoms with Crippen LogP contribution in [0.5, 0.6) is 5.75 Å². The van der Waals surface area contributed by atoms with Gasteiger partial charge in [0, 0.05) is 31.1 Å². The lowest BCUT2D eigenvalue weighted by molar-refractivity contribution is -0.117. The number of imidazole rings is 1. The van der Waals surface area contributed by atoms with E-state index in [0.717, 1.165) is 47.7 Å². The Kier molecular flexibility index (Phi) is 6.35. The number of aryl methyl sites for hydroxylation is 3. The van der Waals surface area contributed by atoms with Gasteiger partial charge in [-0.3, -0.25) is 4.79 Å². The number of nitrogens with zero attached hydrogens (tertiary/aromatic N) is 3.